The summed E-state index contributed by atoms with van der Waals surface area (Å²) in [5, 5.41) is 12.0. The molecule has 0 aliphatic heterocycles. The zero-order valence-electron chi connectivity index (χ0n) is 13.0. The van der Waals surface area contributed by atoms with Crippen molar-refractivity contribution in [1.82, 2.24) is 5.32 Å². The van der Waals surface area contributed by atoms with Gasteiger partial charge in [-0.05, 0) is 36.6 Å². The Bertz CT molecular complexity index is 417. The molecule has 5 heteroatoms. The van der Waals surface area contributed by atoms with Crippen molar-refractivity contribution in [3.63, 3.8) is 0 Å². The van der Waals surface area contributed by atoms with Crippen molar-refractivity contribution in [3.05, 3.63) is 24.3 Å². The molecule has 0 aliphatic rings. The highest BCUT2D eigenvalue weighted by Gasteiger charge is 2.12. The van der Waals surface area contributed by atoms with Crippen LogP contribution in [0.15, 0.2) is 24.3 Å². The Morgan fingerprint density at radius 3 is 2.38 bits per heavy atom. The van der Waals surface area contributed by atoms with Gasteiger partial charge in [-0.2, -0.15) is 0 Å². The molecular formula is C16H25NO4. The minimum atomic E-state index is -0.182. The van der Waals surface area contributed by atoms with Crippen LogP contribution in [0.1, 0.15) is 26.7 Å². The summed E-state index contributed by atoms with van der Waals surface area (Å²) in [7, 11) is 1.61. The molecule has 1 rings (SSSR count). The van der Waals surface area contributed by atoms with Crippen molar-refractivity contribution < 1.29 is 19.4 Å². The lowest BCUT2D eigenvalue weighted by Gasteiger charge is -2.18. The van der Waals surface area contributed by atoms with E-state index in [1.165, 1.54) is 0 Å². The zero-order valence-corrected chi connectivity index (χ0v) is 13.0. The van der Waals surface area contributed by atoms with Crippen LogP contribution in [-0.2, 0) is 4.79 Å². The smallest absolute Gasteiger partial charge is 0.223 e. The summed E-state index contributed by atoms with van der Waals surface area (Å²) >= 11 is 0. The Morgan fingerprint density at radius 2 is 1.86 bits per heavy atom. The number of rotatable bonds is 9. The molecular weight excluding hydrogens is 270 g/mol. The van der Waals surface area contributed by atoms with E-state index < -0.39 is 0 Å². The van der Waals surface area contributed by atoms with Crippen molar-refractivity contribution in [3.8, 4) is 11.5 Å². The van der Waals surface area contributed by atoms with Crippen LogP contribution in [-0.4, -0.2) is 37.4 Å². The number of carbonyl (C=O) groups is 1. The second-order valence-corrected chi connectivity index (χ2v) is 5.35. The molecule has 21 heavy (non-hydrogen) atoms. The van der Waals surface area contributed by atoms with Crippen LogP contribution in [0.25, 0.3) is 0 Å². The summed E-state index contributed by atoms with van der Waals surface area (Å²) in [6.07, 6.45) is 1.03. The maximum absolute atomic E-state index is 11.8. The third-order valence-corrected chi connectivity index (χ3v) is 3.00. The maximum atomic E-state index is 11.8. The van der Waals surface area contributed by atoms with Crippen molar-refractivity contribution >= 4 is 5.91 Å². The number of aliphatic hydroxyl groups excluding tert-OH is 1. The number of methoxy groups -OCH3 is 1. The number of hydrogen-bond donors (Lipinski definition) is 2. The predicted molar refractivity (Wildman–Crippen MR) is 81.6 cm³/mol. The molecule has 0 spiro atoms. The molecule has 0 radical (unpaired) electrons. The fourth-order valence-corrected chi connectivity index (χ4v) is 1.98. The predicted octanol–water partition coefficient (Wildman–Crippen LogP) is 1.99. The van der Waals surface area contributed by atoms with Crippen molar-refractivity contribution in [2.24, 2.45) is 5.92 Å². The van der Waals surface area contributed by atoms with Crippen LogP contribution in [0.5, 0.6) is 11.5 Å². The minimum Gasteiger partial charge on any atom is -0.497 e. The summed E-state index contributed by atoms with van der Waals surface area (Å²) in [4.78, 5) is 11.8. The first-order chi connectivity index (χ1) is 10.0. The lowest BCUT2D eigenvalue weighted by atomic mass is 10.0. The van der Waals surface area contributed by atoms with Crippen LogP contribution >= 0.6 is 0 Å². The van der Waals surface area contributed by atoms with Gasteiger partial charge in [0.15, 0.2) is 0 Å². The van der Waals surface area contributed by atoms with Gasteiger partial charge >= 0.3 is 0 Å². The number of nitrogens with one attached hydrogen (secondary N) is 1. The Labute approximate surface area is 126 Å². The Balaban J connectivity index is 2.28. The van der Waals surface area contributed by atoms with E-state index in [0.717, 1.165) is 12.2 Å². The SMILES string of the molecule is COc1ccc(OCCC(=O)NC(CO)CC(C)C)cc1. The number of ether oxygens (including phenoxy) is 2. The molecule has 1 atom stereocenters. The van der Waals surface area contributed by atoms with Gasteiger partial charge in [0, 0.05) is 0 Å². The normalized spacial score (nSPS) is 12.0. The minimum absolute atomic E-state index is 0.0384. The third-order valence-electron chi connectivity index (χ3n) is 3.00. The van der Waals surface area contributed by atoms with Crippen molar-refractivity contribution in [2.75, 3.05) is 20.3 Å². The van der Waals surface area contributed by atoms with Gasteiger partial charge in [-0.15, -0.1) is 0 Å². The maximum Gasteiger partial charge on any atom is 0.223 e. The summed E-state index contributed by atoms with van der Waals surface area (Å²) in [5.41, 5.74) is 0. The van der Waals surface area contributed by atoms with E-state index in [2.05, 4.69) is 19.2 Å². The van der Waals surface area contributed by atoms with E-state index in [1.54, 1.807) is 31.4 Å². The quantitative estimate of drug-likeness (QED) is 0.731. The van der Waals surface area contributed by atoms with Gasteiger partial charge in [0.1, 0.15) is 11.5 Å². The van der Waals surface area contributed by atoms with E-state index in [1.807, 2.05) is 0 Å². The molecule has 0 saturated heterocycles. The first-order valence-electron chi connectivity index (χ1n) is 7.22. The van der Waals surface area contributed by atoms with Crippen molar-refractivity contribution in [2.45, 2.75) is 32.7 Å². The van der Waals surface area contributed by atoms with Gasteiger partial charge in [0.05, 0.1) is 32.8 Å². The highest BCUT2D eigenvalue weighted by molar-refractivity contribution is 5.76. The van der Waals surface area contributed by atoms with Gasteiger partial charge < -0.3 is 19.9 Å². The highest BCUT2D eigenvalue weighted by atomic mass is 16.5. The summed E-state index contributed by atoms with van der Waals surface area (Å²) in [6, 6.07) is 7.02. The molecule has 0 fully saturated rings. The first-order valence-corrected chi connectivity index (χ1v) is 7.22. The second kappa shape index (κ2) is 9.23. The molecule has 0 saturated carbocycles. The first kappa shape index (κ1) is 17.3. The number of carbonyl (C=O) groups excluding carboxylic acids is 1. The Hall–Kier alpha value is -1.75. The molecule has 0 bridgehead atoms. The monoisotopic (exact) mass is 295 g/mol. The molecule has 1 amide bonds. The molecule has 0 heterocycles. The Morgan fingerprint density at radius 1 is 1.24 bits per heavy atom. The topological polar surface area (TPSA) is 67.8 Å². The molecule has 1 aromatic rings. The van der Waals surface area contributed by atoms with Gasteiger partial charge in [0.25, 0.3) is 0 Å². The number of amides is 1. The molecule has 0 aromatic heterocycles. The van der Waals surface area contributed by atoms with Crippen LogP contribution < -0.4 is 14.8 Å². The van der Waals surface area contributed by atoms with Crippen LogP contribution in [0.4, 0.5) is 0 Å². The lowest BCUT2D eigenvalue weighted by molar-refractivity contribution is -0.122. The number of benzene rings is 1. The van der Waals surface area contributed by atoms with E-state index in [0.29, 0.717) is 18.3 Å². The summed E-state index contributed by atoms with van der Waals surface area (Å²) in [5.74, 6) is 1.78. The average Bonchev–Trinajstić information content (AvgIpc) is 2.46. The standard InChI is InChI=1S/C16H25NO4/c1-12(2)10-13(11-18)17-16(19)8-9-21-15-6-4-14(20-3)5-7-15/h4-7,12-13,18H,8-11H2,1-3H3,(H,17,19). The van der Waals surface area contributed by atoms with Gasteiger partial charge in [0.2, 0.25) is 5.91 Å². The average molecular weight is 295 g/mol. The molecule has 1 aromatic carbocycles. The Kier molecular flexibility index (Phi) is 7.61. The van der Waals surface area contributed by atoms with Gasteiger partial charge in [-0.25, -0.2) is 0 Å². The number of aliphatic hydroxyl groups is 1. The number of hydrogen-bond acceptors (Lipinski definition) is 4. The second-order valence-electron chi connectivity index (χ2n) is 5.35. The zero-order chi connectivity index (χ0) is 15.7. The van der Waals surface area contributed by atoms with E-state index in [4.69, 9.17) is 9.47 Å². The van der Waals surface area contributed by atoms with Crippen LogP contribution in [0.3, 0.4) is 0 Å². The largest absolute Gasteiger partial charge is 0.497 e. The van der Waals surface area contributed by atoms with Crippen LogP contribution in [0.2, 0.25) is 0 Å². The fourth-order valence-electron chi connectivity index (χ4n) is 1.98. The molecule has 2 N–H and O–H groups in total. The molecule has 1 unspecified atom stereocenters. The van der Waals surface area contributed by atoms with E-state index in [9.17, 15) is 9.90 Å². The lowest BCUT2D eigenvalue weighted by Crippen LogP contribution is -2.38. The molecule has 0 aliphatic carbocycles. The highest BCUT2D eigenvalue weighted by Crippen LogP contribution is 2.17. The van der Waals surface area contributed by atoms with E-state index in [-0.39, 0.29) is 25.0 Å². The van der Waals surface area contributed by atoms with Gasteiger partial charge in [-0.1, -0.05) is 13.8 Å². The molecule has 5 nitrogen and oxygen atoms in total. The summed E-state index contributed by atoms with van der Waals surface area (Å²) in [6.45, 7) is 4.38. The van der Waals surface area contributed by atoms with E-state index >= 15 is 0 Å². The third kappa shape index (κ3) is 6.99. The summed E-state index contributed by atoms with van der Waals surface area (Å²) < 4.78 is 10.5. The fraction of sp³-hybridized carbons (Fsp3) is 0.562. The van der Waals surface area contributed by atoms with Crippen LogP contribution in [0, 0.1) is 5.92 Å². The molecule has 118 valence electrons. The van der Waals surface area contributed by atoms with Gasteiger partial charge in [-0.3, -0.25) is 4.79 Å². The van der Waals surface area contributed by atoms with Crippen molar-refractivity contribution in [1.29, 1.82) is 0 Å².